The smallest absolute Gasteiger partial charge is 0.329 e. The van der Waals surface area contributed by atoms with E-state index in [1.54, 1.807) is 72.9 Å². The Balaban J connectivity index is 1.44. The maximum absolute atomic E-state index is 15.2. The number of Topliss-reactive ketones (excluding diaryl/α,β-unsaturated/α-hetero) is 1. The van der Waals surface area contributed by atoms with Crippen molar-refractivity contribution in [2.75, 3.05) is 13.2 Å². The summed E-state index contributed by atoms with van der Waals surface area (Å²) in [7, 11) is 0. The van der Waals surface area contributed by atoms with Crippen LogP contribution in [0.25, 0.3) is 11.1 Å². The van der Waals surface area contributed by atoms with Crippen LogP contribution in [-0.4, -0.2) is 75.4 Å². The van der Waals surface area contributed by atoms with E-state index in [-0.39, 0.29) is 38.3 Å². The average molecular weight is 894 g/mol. The Labute approximate surface area is 377 Å². The molecule has 5 rings (SSSR count). The molecule has 1 unspecified atom stereocenters. The molecule has 2 amide bonds. The van der Waals surface area contributed by atoms with Crippen LogP contribution in [0.2, 0.25) is 0 Å². The van der Waals surface area contributed by atoms with Crippen molar-refractivity contribution in [1.82, 2.24) is 14.8 Å². The van der Waals surface area contributed by atoms with Crippen molar-refractivity contribution in [3.05, 3.63) is 155 Å². The van der Waals surface area contributed by atoms with Gasteiger partial charge in [-0.1, -0.05) is 112 Å². The summed E-state index contributed by atoms with van der Waals surface area (Å²) in [4.78, 5) is 70.1. The van der Waals surface area contributed by atoms with Gasteiger partial charge in [0.05, 0.1) is 30.5 Å². The molecule has 65 heavy (non-hydrogen) atoms. The number of benzene rings is 4. The van der Waals surface area contributed by atoms with E-state index in [0.29, 0.717) is 22.4 Å². The first-order valence-corrected chi connectivity index (χ1v) is 21.3. The van der Waals surface area contributed by atoms with Crippen LogP contribution in [-0.2, 0) is 53.2 Å². The maximum Gasteiger partial charge on any atom is 0.329 e. The first-order chi connectivity index (χ1) is 31.0. The summed E-state index contributed by atoms with van der Waals surface area (Å²) in [6.07, 6.45) is 0.823. The van der Waals surface area contributed by atoms with Crippen LogP contribution in [0.1, 0.15) is 69.0 Å². The Kier molecular flexibility index (Phi) is 17.4. The number of nitrogens with zero attached hydrogens (tertiary/aromatic N) is 2. The summed E-state index contributed by atoms with van der Waals surface area (Å²) in [5.74, 6) is -7.02. The standard InChI is InChI=1S/C50H57F2N5O8/c1-32(53)46(61)39(26-44(60)64-30-34-16-10-6-11-17-34)45(49(63)65-31-35-18-12-7-13-19-35)55-48(62)41(54)22-23-57(43(59)29-58)47(50(2,3)4)42-24-36(38-25-37(51)20-21-40(38)52)28-56(42)27-33-14-8-5-9-15-33/h5-21,24-25,28,32,39,41,45,47,58H,22-23,26-27,29-31,53-54H2,1-4H3,(H,55,62)/t32-,39?,41-,45-,47-/m0/s1. The number of ether oxygens (including phenoxy) is 2. The van der Waals surface area contributed by atoms with Gasteiger partial charge in [-0.15, -0.1) is 0 Å². The van der Waals surface area contributed by atoms with Crippen molar-refractivity contribution in [3.8, 4) is 11.1 Å². The normalized spacial score (nSPS) is 13.7. The number of hydrogen-bond acceptors (Lipinski definition) is 10. The minimum atomic E-state index is -1.74. The molecule has 0 bridgehead atoms. The van der Waals surface area contributed by atoms with E-state index >= 15 is 4.39 Å². The minimum Gasteiger partial charge on any atom is -0.461 e. The molecule has 15 heteroatoms. The number of hydrogen-bond donors (Lipinski definition) is 4. The highest BCUT2D eigenvalue weighted by Crippen LogP contribution is 2.41. The predicted octanol–water partition coefficient (Wildman–Crippen LogP) is 6.00. The molecular weight excluding hydrogens is 837 g/mol. The van der Waals surface area contributed by atoms with Crippen molar-refractivity contribution in [2.45, 2.75) is 84.5 Å². The van der Waals surface area contributed by atoms with E-state index in [2.05, 4.69) is 5.32 Å². The van der Waals surface area contributed by atoms with Gasteiger partial charge in [0.2, 0.25) is 11.8 Å². The quantitative estimate of drug-likeness (QED) is 0.0635. The lowest BCUT2D eigenvalue weighted by atomic mass is 9.82. The zero-order valence-electron chi connectivity index (χ0n) is 37.0. The van der Waals surface area contributed by atoms with Gasteiger partial charge < -0.3 is 40.8 Å². The van der Waals surface area contributed by atoms with Crippen LogP contribution in [0.4, 0.5) is 8.78 Å². The average Bonchev–Trinajstić information content (AvgIpc) is 3.69. The Hall–Kier alpha value is -6.55. The highest BCUT2D eigenvalue weighted by atomic mass is 19.1. The van der Waals surface area contributed by atoms with Gasteiger partial charge in [0.1, 0.15) is 37.5 Å². The molecule has 0 aliphatic rings. The van der Waals surface area contributed by atoms with E-state index in [1.165, 1.54) is 11.8 Å². The first-order valence-electron chi connectivity index (χ1n) is 21.3. The molecule has 0 aliphatic carbocycles. The summed E-state index contributed by atoms with van der Waals surface area (Å²) in [5, 5.41) is 12.9. The van der Waals surface area contributed by atoms with Crippen LogP contribution < -0.4 is 16.8 Å². The molecule has 0 spiro atoms. The summed E-state index contributed by atoms with van der Waals surface area (Å²) in [6.45, 7) is 5.84. The van der Waals surface area contributed by atoms with Gasteiger partial charge in [-0.2, -0.15) is 0 Å². The first kappa shape index (κ1) is 49.5. The van der Waals surface area contributed by atoms with Crippen molar-refractivity contribution >= 4 is 29.5 Å². The number of halogens is 2. The number of amides is 2. The van der Waals surface area contributed by atoms with E-state index in [4.69, 9.17) is 20.9 Å². The topological polar surface area (TPSA) is 196 Å². The molecular formula is C50H57F2N5O8. The number of esters is 2. The molecule has 0 fully saturated rings. The zero-order valence-corrected chi connectivity index (χ0v) is 37.0. The van der Waals surface area contributed by atoms with Gasteiger partial charge in [-0.25, -0.2) is 13.6 Å². The number of aliphatic hydroxyl groups excluding tert-OH is 1. The van der Waals surface area contributed by atoms with Gasteiger partial charge in [0.25, 0.3) is 0 Å². The molecule has 1 aromatic heterocycles. The van der Waals surface area contributed by atoms with Crippen LogP contribution in [0, 0.1) is 23.0 Å². The molecule has 6 N–H and O–H groups in total. The van der Waals surface area contributed by atoms with Crippen molar-refractivity contribution in [1.29, 1.82) is 0 Å². The number of nitrogens with one attached hydrogen (secondary N) is 1. The highest BCUT2D eigenvalue weighted by molar-refractivity contribution is 5.96. The van der Waals surface area contributed by atoms with E-state index in [1.807, 2.05) is 55.7 Å². The van der Waals surface area contributed by atoms with Crippen LogP contribution in [0.15, 0.2) is 121 Å². The predicted molar refractivity (Wildman–Crippen MR) is 240 cm³/mol. The maximum atomic E-state index is 15.2. The van der Waals surface area contributed by atoms with Crippen LogP contribution in [0.5, 0.6) is 0 Å². The molecule has 13 nitrogen and oxygen atoms in total. The molecule has 344 valence electrons. The van der Waals surface area contributed by atoms with Crippen molar-refractivity contribution in [2.24, 2.45) is 22.8 Å². The summed E-state index contributed by atoms with van der Waals surface area (Å²) < 4.78 is 42.6. The molecule has 0 aliphatic heterocycles. The van der Waals surface area contributed by atoms with E-state index < -0.39 is 89.7 Å². The Morgan fingerprint density at radius 1 is 0.800 bits per heavy atom. The summed E-state index contributed by atoms with van der Waals surface area (Å²) >= 11 is 0. The molecule has 0 saturated heterocycles. The SMILES string of the molecule is C[C@H](N)C(=O)C(CC(=O)OCc1ccccc1)[C@H](NC(=O)[C@@H](N)CCN(C(=O)CO)[C@@H](c1cc(-c2cc(F)ccc2F)cn1Cc1ccccc1)C(C)(C)C)C(=O)OCc1ccccc1. The lowest BCUT2D eigenvalue weighted by molar-refractivity contribution is -0.156. The van der Waals surface area contributed by atoms with E-state index in [0.717, 1.165) is 23.8 Å². The Bertz CT molecular complexity index is 2390. The number of carbonyl (C=O) groups is 5. The van der Waals surface area contributed by atoms with Crippen molar-refractivity contribution in [3.63, 3.8) is 0 Å². The van der Waals surface area contributed by atoms with E-state index in [9.17, 15) is 33.5 Å². The monoisotopic (exact) mass is 893 g/mol. The molecule has 0 radical (unpaired) electrons. The minimum absolute atomic E-state index is 0.00608. The zero-order chi connectivity index (χ0) is 47.3. The number of aromatic nitrogens is 1. The lowest BCUT2D eigenvalue weighted by Gasteiger charge is -2.41. The van der Waals surface area contributed by atoms with Gasteiger partial charge in [-0.3, -0.25) is 19.2 Å². The summed E-state index contributed by atoms with van der Waals surface area (Å²) in [5.41, 5.74) is 14.8. The van der Waals surface area contributed by atoms with Crippen molar-refractivity contribution < 1.29 is 47.3 Å². The molecule has 5 atom stereocenters. The van der Waals surface area contributed by atoms with Gasteiger partial charge >= 0.3 is 11.9 Å². The van der Waals surface area contributed by atoms with Crippen LogP contribution >= 0.6 is 0 Å². The number of ketones is 1. The van der Waals surface area contributed by atoms with Crippen LogP contribution in [0.3, 0.4) is 0 Å². The Morgan fingerprint density at radius 2 is 1.37 bits per heavy atom. The largest absolute Gasteiger partial charge is 0.461 e. The second-order valence-corrected chi connectivity index (χ2v) is 17.0. The second kappa shape index (κ2) is 22.9. The van der Waals surface area contributed by atoms with Gasteiger partial charge in [0.15, 0.2) is 5.78 Å². The number of carbonyl (C=O) groups excluding carboxylic acids is 5. The number of nitrogens with two attached hydrogens (primary N) is 2. The fraction of sp³-hybridized carbons (Fsp3) is 0.340. The number of aliphatic hydroxyl groups is 1. The second-order valence-electron chi connectivity index (χ2n) is 17.0. The highest BCUT2D eigenvalue weighted by Gasteiger charge is 2.41. The molecule has 1 heterocycles. The Morgan fingerprint density at radius 3 is 1.92 bits per heavy atom. The summed E-state index contributed by atoms with van der Waals surface area (Å²) in [6, 6.07) is 26.6. The third-order valence-electron chi connectivity index (χ3n) is 10.9. The lowest BCUT2D eigenvalue weighted by Crippen LogP contribution is -2.56. The fourth-order valence-corrected chi connectivity index (χ4v) is 7.61. The van der Waals surface area contributed by atoms with Gasteiger partial charge in [0, 0.05) is 36.1 Å². The third kappa shape index (κ3) is 13.7. The number of rotatable bonds is 21. The fourth-order valence-electron chi connectivity index (χ4n) is 7.61. The molecule has 4 aromatic carbocycles. The van der Waals surface area contributed by atoms with Gasteiger partial charge in [-0.05, 0) is 59.7 Å². The molecule has 0 saturated carbocycles. The third-order valence-corrected chi connectivity index (χ3v) is 10.9. The molecule has 5 aromatic rings.